The molecule has 3 rings (SSSR count). The summed E-state index contributed by atoms with van der Waals surface area (Å²) in [6.07, 6.45) is 1.37. The van der Waals surface area contributed by atoms with Crippen molar-refractivity contribution in [2.75, 3.05) is 18.4 Å². The van der Waals surface area contributed by atoms with E-state index in [1.165, 1.54) is 4.31 Å². The first-order chi connectivity index (χ1) is 12.0. The fourth-order valence-electron chi connectivity index (χ4n) is 3.00. The Balaban J connectivity index is 1.70. The molecule has 25 heavy (non-hydrogen) atoms. The minimum absolute atomic E-state index is 0.128. The van der Waals surface area contributed by atoms with Crippen LogP contribution in [-0.2, 0) is 14.8 Å². The third-order valence-electron chi connectivity index (χ3n) is 4.45. The molecule has 1 N–H and O–H groups in total. The molecule has 1 amide bonds. The van der Waals surface area contributed by atoms with Crippen molar-refractivity contribution in [3.05, 3.63) is 60.2 Å². The van der Waals surface area contributed by atoms with Crippen molar-refractivity contribution in [2.45, 2.75) is 24.7 Å². The summed E-state index contributed by atoms with van der Waals surface area (Å²) in [5, 5.41) is 2.89. The first-order valence-electron chi connectivity index (χ1n) is 8.39. The number of hydrogen-bond donors (Lipinski definition) is 1. The lowest BCUT2D eigenvalue weighted by Crippen LogP contribution is -2.43. The number of hydrogen-bond acceptors (Lipinski definition) is 3. The highest BCUT2D eigenvalue weighted by atomic mass is 32.2. The second-order valence-electron chi connectivity index (χ2n) is 6.37. The molecule has 0 saturated carbocycles. The minimum atomic E-state index is -3.55. The van der Waals surface area contributed by atoms with Gasteiger partial charge in [0.2, 0.25) is 15.9 Å². The maximum Gasteiger partial charge on any atom is 0.243 e. The maximum absolute atomic E-state index is 12.7. The topological polar surface area (TPSA) is 66.5 Å². The van der Waals surface area contributed by atoms with E-state index in [2.05, 4.69) is 5.32 Å². The van der Waals surface area contributed by atoms with Gasteiger partial charge >= 0.3 is 0 Å². The lowest BCUT2D eigenvalue weighted by molar-refractivity contribution is -0.120. The number of carbonyl (C=O) groups is 1. The van der Waals surface area contributed by atoms with E-state index < -0.39 is 10.0 Å². The van der Waals surface area contributed by atoms with Crippen molar-refractivity contribution in [2.24, 2.45) is 5.92 Å². The Hall–Kier alpha value is -2.18. The molecule has 0 radical (unpaired) electrons. The van der Waals surface area contributed by atoms with Gasteiger partial charge in [-0.3, -0.25) is 4.79 Å². The first kappa shape index (κ1) is 17.6. The summed E-state index contributed by atoms with van der Waals surface area (Å²) in [6.45, 7) is 2.65. The monoisotopic (exact) mass is 358 g/mol. The second-order valence-corrected chi connectivity index (χ2v) is 8.31. The van der Waals surface area contributed by atoms with Gasteiger partial charge in [0.1, 0.15) is 0 Å². The summed E-state index contributed by atoms with van der Waals surface area (Å²) in [4.78, 5) is 12.8. The lowest BCUT2D eigenvalue weighted by Gasteiger charge is -2.31. The first-order valence-corrected chi connectivity index (χ1v) is 9.83. The summed E-state index contributed by atoms with van der Waals surface area (Å²) < 4.78 is 26.9. The number of aryl methyl sites for hydroxylation is 1. The Morgan fingerprint density at radius 2 is 1.76 bits per heavy atom. The van der Waals surface area contributed by atoms with E-state index >= 15 is 0 Å². The minimum Gasteiger partial charge on any atom is -0.326 e. The van der Waals surface area contributed by atoms with Crippen molar-refractivity contribution in [3.8, 4) is 0 Å². The van der Waals surface area contributed by atoms with Gasteiger partial charge in [0.05, 0.1) is 10.8 Å². The Morgan fingerprint density at radius 3 is 2.44 bits per heavy atom. The Kier molecular flexibility index (Phi) is 5.20. The van der Waals surface area contributed by atoms with Crippen LogP contribution in [0.2, 0.25) is 0 Å². The SMILES string of the molecule is Cc1ccc(NC(=O)C2CCCN(S(=O)(=O)c3ccccc3)C2)cc1. The molecule has 2 aromatic carbocycles. The molecule has 132 valence electrons. The molecule has 1 aliphatic rings. The molecule has 1 unspecified atom stereocenters. The van der Waals surface area contributed by atoms with Crippen molar-refractivity contribution in [1.29, 1.82) is 0 Å². The zero-order valence-electron chi connectivity index (χ0n) is 14.2. The highest BCUT2D eigenvalue weighted by Crippen LogP contribution is 2.24. The predicted octanol–water partition coefficient (Wildman–Crippen LogP) is 3.03. The van der Waals surface area contributed by atoms with Gasteiger partial charge in [0, 0.05) is 18.8 Å². The smallest absolute Gasteiger partial charge is 0.243 e. The molecule has 0 aromatic heterocycles. The van der Waals surface area contributed by atoms with Crippen LogP contribution in [-0.4, -0.2) is 31.7 Å². The van der Waals surface area contributed by atoms with Gasteiger partial charge in [-0.25, -0.2) is 8.42 Å². The van der Waals surface area contributed by atoms with Gasteiger partial charge in [-0.2, -0.15) is 4.31 Å². The molecular weight excluding hydrogens is 336 g/mol. The average molecular weight is 358 g/mol. The molecular formula is C19H22N2O3S. The zero-order chi connectivity index (χ0) is 17.9. The summed E-state index contributed by atoms with van der Waals surface area (Å²) in [7, 11) is -3.55. The Morgan fingerprint density at radius 1 is 1.08 bits per heavy atom. The molecule has 1 fully saturated rings. The quantitative estimate of drug-likeness (QED) is 0.913. The number of amides is 1. The van der Waals surface area contributed by atoms with Gasteiger partial charge in [-0.05, 0) is 44.0 Å². The van der Waals surface area contributed by atoms with E-state index in [0.29, 0.717) is 19.4 Å². The highest BCUT2D eigenvalue weighted by Gasteiger charge is 2.33. The van der Waals surface area contributed by atoms with Crippen LogP contribution in [0.3, 0.4) is 0 Å². The number of carbonyl (C=O) groups excluding carboxylic acids is 1. The van der Waals surface area contributed by atoms with E-state index in [4.69, 9.17) is 0 Å². The number of rotatable bonds is 4. The van der Waals surface area contributed by atoms with Crippen molar-refractivity contribution in [3.63, 3.8) is 0 Å². The number of piperidine rings is 1. The maximum atomic E-state index is 12.7. The predicted molar refractivity (Wildman–Crippen MR) is 97.7 cm³/mol. The second kappa shape index (κ2) is 7.37. The molecule has 2 aromatic rings. The third-order valence-corrected chi connectivity index (χ3v) is 6.33. The summed E-state index contributed by atoms with van der Waals surface area (Å²) in [5.41, 5.74) is 1.86. The van der Waals surface area contributed by atoms with Crippen LogP contribution in [0.25, 0.3) is 0 Å². The fourth-order valence-corrected chi connectivity index (χ4v) is 4.54. The molecule has 0 spiro atoms. The van der Waals surface area contributed by atoms with Gasteiger partial charge in [-0.15, -0.1) is 0 Å². The molecule has 1 saturated heterocycles. The number of sulfonamides is 1. The molecule has 1 atom stereocenters. The molecule has 1 heterocycles. The van der Waals surface area contributed by atoms with Crippen LogP contribution in [0.1, 0.15) is 18.4 Å². The van der Waals surface area contributed by atoms with E-state index in [-0.39, 0.29) is 23.3 Å². The van der Waals surface area contributed by atoms with Crippen LogP contribution in [0.4, 0.5) is 5.69 Å². The normalized spacial score (nSPS) is 18.7. The molecule has 5 nitrogen and oxygen atoms in total. The average Bonchev–Trinajstić information content (AvgIpc) is 2.64. The third kappa shape index (κ3) is 4.08. The Labute approximate surface area is 148 Å². The van der Waals surface area contributed by atoms with Crippen molar-refractivity contribution < 1.29 is 13.2 Å². The largest absolute Gasteiger partial charge is 0.326 e. The molecule has 0 aliphatic carbocycles. The lowest BCUT2D eigenvalue weighted by atomic mass is 9.98. The van der Waals surface area contributed by atoms with Gasteiger partial charge in [0.25, 0.3) is 0 Å². The van der Waals surface area contributed by atoms with Gasteiger partial charge < -0.3 is 5.32 Å². The highest BCUT2D eigenvalue weighted by molar-refractivity contribution is 7.89. The zero-order valence-corrected chi connectivity index (χ0v) is 15.0. The standard InChI is InChI=1S/C19H22N2O3S/c1-15-9-11-17(12-10-15)20-19(22)16-6-5-13-21(14-16)25(23,24)18-7-3-2-4-8-18/h2-4,7-12,16H,5-6,13-14H2,1H3,(H,20,22). The molecule has 1 aliphatic heterocycles. The summed E-state index contributed by atoms with van der Waals surface area (Å²) in [6, 6.07) is 16.0. The van der Waals surface area contributed by atoms with E-state index in [9.17, 15) is 13.2 Å². The van der Waals surface area contributed by atoms with Crippen LogP contribution in [0.5, 0.6) is 0 Å². The number of nitrogens with one attached hydrogen (secondary N) is 1. The number of anilines is 1. The van der Waals surface area contributed by atoms with Crippen LogP contribution in [0, 0.1) is 12.8 Å². The molecule has 0 bridgehead atoms. The summed E-state index contributed by atoms with van der Waals surface area (Å²) in [5.74, 6) is -0.467. The number of nitrogens with zero attached hydrogens (tertiary/aromatic N) is 1. The summed E-state index contributed by atoms with van der Waals surface area (Å²) >= 11 is 0. The van der Waals surface area contributed by atoms with Gasteiger partial charge in [-0.1, -0.05) is 35.9 Å². The van der Waals surface area contributed by atoms with Crippen LogP contribution < -0.4 is 5.32 Å². The number of benzene rings is 2. The van der Waals surface area contributed by atoms with Gasteiger partial charge in [0.15, 0.2) is 0 Å². The van der Waals surface area contributed by atoms with Crippen LogP contribution >= 0.6 is 0 Å². The Bertz CT molecular complexity index is 833. The van der Waals surface area contributed by atoms with E-state index in [0.717, 1.165) is 11.3 Å². The van der Waals surface area contributed by atoms with Crippen molar-refractivity contribution in [1.82, 2.24) is 4.31 Å². The van der Waals surface area contributed by atoms with E-state index in [1.54, 1.807) is 30.3 Å². The van der Waals surface area contributed by atoms with Crippen LogP contribution in [0.15, 0.2) is 59.5 Å². The van der Waals surface area contributed by atoms with Crippen molar-refractivity contribution >= 4 is 21.6 Å². The van der Waals surface area contributed by atoms with E-state index in [1.807, 2.05) is 31.2 Å². The fraction of sp³-hybridized carbons (Fsp3) is 0.316. The molecule has 6 heteroatoms.